The van der Waals surface area contributed by atoms with Gasteiger partial charge in [0.15, 0.2) is 5.54 Å². The molecule has 0 aliphatic carbocycles. The summed E-state index contributed by atoms with van der Waals surface area (Å²) in [5.41, 5.74) is -1.47. The number of carbonyl (C=O) groups excluding carboxylic acids is 2. The van der Waals surface area contributed by atoms with Gasteiger partial charge in [0, 0.05) is 11.1 Å². The van der Waals surface area contributed by atoms with E-state index in [1.54, 1.807) is 0 Å². The number of hydrogen-bond acceptors (Lipinski definition) is 3. The summed E-state index contributed by atoms with van der Waals surface area (Å²) in [6.07, 6.45) is 0. The lowest BCUT2D eigenvalue weighted by atomic mass is 9.80. The van der Waals surface area contributed by atoms with Crippen LogP contribution < -0.4 is 15.4 Å². The maximum Gasteiger partial charge on any atom is 0.322 e. The van der Waals surface area contributed by atoms with E-state index in [-0.39, 0.29) is 22.6 Å². The van der Waals surface area contributed by atoms with E-state index in [0.29, 0.717) is 0 Å². The fourth-order valence-electron chi connectivity index (χ4n) is 2.87. The van der Waals surface area contributed by atoms with Crippen LogP contribution in [0, 0.1) is 11.6 Å². The third kappa shape index (κ3) is 1.50. The van der Waals surface area contributed by atoms with Crippen LogP contribution >= 0.6 is 0 Å². The quantitative estimate of drug-likeness (QED) is 0.733. The first kappa shape index (κ1) is 12.8. The van der Waals surface area contributed by atoms with Gasteiger partial charge in [-0.15, -0.1) is 0 Å². The molecule has 2 aliphatic rings. The van der Waals surface area contributed by atoms with Gasteiger partial charge < -0.3 is 10.1 Å². The molecule has 0 unspecified atom stereocenters. The zero-order valence-corrected chi connectivity index (χ0v) is 10.9. The maximum absolute atomic E-state index is 13.6. The Morgan fingerprint density at radius 2 is 1.45 bits per heavy atom. The van der Waals surface area contributed by atoms with Crippen molar-refractivity contribution in [1.82, 2.24) is 10.6 Å². The average Bonchev–Trinajstić information content (AvgIpc) is 2.77. The molecule has 22 heavy (non-hydrogen) atoms. The summed E-state index contributed by atoms with van der Waals surface area (Å²) >= 11 is 0. The molecule has 0 aromatic heterocycles. The minimum atomic E-state index is -1.70. The zero-order chi connectivity index (χ0) is 15.5. The molecule has 1 saturated heterocycles. The Morgan fingerprint density at radius 1 is 0.909 bits per heavy atom. The van der Waals surface area contributed by atoms with Crippen LogP contribution in [-0.2, 0) is 10.3 Å². The molecule has 7 heteroatoms. The Bertz CT molecular complexity index is 799. The van der Waals surface area contributed by atoms with Crippen LogP contribution in [0.1, 0.15) is 11.1 Å². The van der Waals surface area contributed by atoms with Gasteiger partial charge >= 0.3 is 6.03 Å². The molecule has 0 saturated carbocycles. The Morgan fingerprint density at radius 3 is 1.91 bits per heavy atom. The van der Waals surface area contributed by atoms with E-state index in [1.807, 2.05) is 0 Å². The Balaban J connectivity index is 2.08. The van der Waals surface area contributed by atoms with Crippen LogP contribution in [-0.4, -0.2) is 11.9 Å². The fraction of sp³-hybridized carbons (Fsp3) is 0.0667. The molecule has 2 aliphatic heterocycles. The number of halogens is 2. The highest BCUT2D eigenvalue weighted by Gasteiger charge is 2.54. The number of benzene rings is 2. The number of fused-ring (bicyclic) bond motifs is 4. The van der Waals surface area contributed by atoms with Gasteiger partial charge in [0.2, 0.25) is 0 Å². The van der Waals surface area contributed by atoms with Crippen LogP contribution in [0.15, 0.2) is 36.4 Å². The molecular formula is C15H8F2N2O3. The predicted octanol–water partition coefficient (Wildman–Crippen LogP) is 2.15. The van der Waals surface area contributed by atoms with Crippen molar-refractivity contribution >= 4 is 11.9 Å². The molecule has 110 valence electrons. The first-order valence-electron chi connectivity index (χ1n) is 6.42. The number of amides is 3. The van der Waals surface area contributed by atoms with Gasteiger partial charge in [-0.05, 0) is 36.4 Å². The molecule has 2 heterocycles. The standard InChI is InChI=1S/C15H8F2N2O3/c16-7-1-3-11-9(5-7)15(13(20)18-14(21)19-15)10-6-8(17)2-4-12(10)22-11/h1-6H,(H2,18,19,20,21). The number of nitrogens with one attached hydrogen (secondary N) is 2. The van der Waals surface area contributed by atoms with Crippen LogP contribution in [0.3, 0.4) is 0 Å². The number of ether oxygens (including phenoxy) is 1. The fourth-order valence-corrected chi connectivity index (χ4v) is 2.87. The molecule has 1 spiro atoms. The molecule has 3 amide bonds. The third-order valence-corrected chi connectivity index (χ3v) is 3.78. The normalized spacial score (nSPS) is 17.4. The molecule has 2 aromatic carbocycles. The molecule has 4 rings (SSSR count). The lowest BCUT2D eigenvalue weighted by Crippen LogP contribution is -2.46. The molecule has 0 bridgehead atoms. The Kier molecular flexibility index (Phi) is 2.34. The third-order valence-electron chi connectivity index (χ3n) is 3.78. The molecule has 5 nitrogen and oxygen atoms in total. The molecule has 2 N–H and O–H groups in total. The number of urea groups is 1. The van der Waals surface area contributed by atoms with Crippen molar-refractivity contribution in [1.29, 1.82) is 0 Å². The van der Waals surface area contributed by atoms with Gasteiger partial charge in [0.05, 0.1) is 0 Å². The second-order valence-electron chi connectivity index (χ2n) is 5.04. The van der Waals surface area contributed by atoms with Crippen molar-refractivity contribution in [2.75, 3.05) is 0 Å². The number of rotatable bonds is 0. The van der Waals surface area contributed by atoms with Crippen molar-refractivity contribution in [3.63, 3.8) is 0 Å². The Labute approximate surface area is 122 Å². The summed E-state index contributed by atoms with van der Waals surface area (Å²) < 4.78 is 32.9. The second-order valence-corrected chi connectivity index (χ2v) is 5.04. The maximum atomic E-state index is 13.6. The van der Waals surface area contributed by atoms with Crippen LogP contribution in [0.25, 0.3) is 0 Å². The zero-order valence-electron chi connectivity index (χ0n) is 10.9. The van der Waals surface area contributed by atoms with Crippen molar-refractivity contribution < 1.29 is 23.1 Å². The topological polar surface area (TPSA) is 67.4 Å². The van der Waals surface area contributed by atoms with Crippen LogP contribution in [0.2, 0.25) is 0 Å². The summed E-state index contributed by atoms with van der Waals surface area (Å²) in [5, 5.41) is 4.58. The lowest BCUT2D eigenvalue weighted by Gasteiger charge is -2.34. The van der Waals surface area contributed by atoms with Crippen LogP contribution in [0.4, 0.5) is 13.6 Å². The summed E-state index contributed by atoms with van der Waals surface area (Å²) in [6, 6.07) is 6.51. The van der Waals surface area contributed by atoms with E-state index in [9.17, 15) is 18.4 Å². The second kappa shape index (κ2) is 4.03. The van der Waals surface area contributed by atoms with Crippen molar-refractivity contribution in [2.24, 2.45) is 0 Å². The minimum absolute atomic E-state index is 0.119. The number of carbonyl (C=O) groups is 2. The lowest BCUT2D eigenvalue weighted by molar-refractivity contribution is -0.123. The smallest absolute Gasteiger partial charge is 0.322 e. The van der Waals surface area contributed by atoms with Gasteiger partial charge in [0.25, 0.3) is 5.91 Å². The first-order chi connectivity index (χ1) is 10.5. The molecule has 2 aromatic rings. The first-order valence-corrected chi connectivity index (χ1v) is 6.42. The molecule has 0 atom stereocenters. The van der Waals surface area contributed by atoms with E-state index in [1.165, 1.54) is 24.3 Å². The SMILES string of the molecule is O=C1NC(=O)C2(N1)c1cc(F)ccc1Oc1ccc(F)cc12. The van der Waals surface area contributed by atoms with Crippen LogP contribution in [0.5, 0.6) is 11.5 Å². The summed E-state index contributed by atoms with van der Waals surface area (Å²) in [5.74, 6) is -1.47. The van der Waals surface area contributed by atoms with E-state index < -0.39 is 29.1 Å². The van der Waals surface area contributed by atoms with Crippen molar-refractivity contribution in [2.45, 2.75) is 5.54 Å². The monoisotopic (exact) mass is 302 g/mol. The van der Waals surface area contributed by atoms with Gasteiger partial charge in [0.1, 0.15) is 23.1 Å². The number of imide groups is 1. The van der Waals surface area contributed by atoms with Gasteiger partial charge in [-0.3, -0.25) is 10.1 Å². The predicted molar refractivity (Wildman–Crippen MR) is 70.3 cm³/mol. The van der Waals surface area contributed by atoms with Crippen molar-refractivity contribution in [3.05, 3.63) is 59.2 Å². The van der Waals surface area contributed by atoms with Gasteiger partial charge in [-0.2, -0.15) is 0 Å². The summed E-state index contributed by atoms with van der Waals surface area (Å²) in [7, 11) is 0. The molecule has 1 fully saturated rings. The minimum Gasteiger partial charge on any atom is -0.457 e. The van der Waals surface area contributed by atoms with E-state index in [4.69, 9.17) is 4.74 Å². The number of hydrogen-bond donors (Lipinski definition) is 2. The molecular weight excluding hydrogens is 294 g/mol. The van der Waals surface area contributed by atoms with Gasteiger partial charge in [-0.25, -0.2) is 13.6 Å². The highest BCUT2D eigenvalue weighted by atomic mass is 19.1. The Hall–Kier alpha value is -2.96. The van der Waals surface area contributed by atoms with E-state index in [0.717, 1.165) is 12.1 Å². The van der Waals surface area contributed by atoms with E-state index in [2.05, 4.69) is 10.6 Å². The van der Waals surface area contributed by atoms with E-state index >= 15 is 0 Å². The average molecular weight is 302 g/mol. The van der Waals surface area contributed by atoms with Gasteiger partial charge in [-0.1, -0.05) is 0 Å². The highest BCUT2D eigenvalue weighted by Crippen LogP contribution is 2.48. The molecule has 0 radical (unpaired) electrons. The summed E-state index contributed by atoms with van der Waals surface area (Å²) in [4.78, 5) is 24.1. The summed E-state index contributed by atoms with van der Waals surface area (Å²) in [6.45, 7) is 0. The van der Waals surface area contributed by atoms with Crippen molar-refractivity contribution in [3.8, 4) is 11.5 Å². The highest BCUT2D eigenvalue weighted by molar-refractivity contribution is 6.10. The largest absolute Gasteiger partial charge is 0.457 e.